The van der Waals surface area contributed by atoms with E-state index in [1.165, 1.54) is 11.9 Å². The van der Waals surface area contributed by atoms with Gasteiger partial charge in [0.1, 0.15) is 0 Å². The Balaban J connectivity index is 2.65. The maximum Gasteiger partial charge on any atom is 0.328 e. The van der Waals surface area contributed by atoms with E-state index in [0.29, 0.717) is 13.1 Å². The number of hydrogen-bond donors (Lipinski definition) is 1. The number of carbonyl (C=O) groups is 2. The molecule has 0 atom stereocenters. The number of carbonyl (C=O) groups excluding carboxylic acids is 2. The molecule has 1 N–H and O–H groups in total. The predicted molar refractivity (Wildman–Crippen MR) is 48.4 cm³/mol. The van der Waals surface area contributed by atoms with Crippen LogP contribution in [0.3, 0.4) is 0 Å². The van der Waals surface area contributed by atoms with Crippen LogP contribution in [0.15, 0.2) is 0 Å². The summed E-state index contributed by atoms with van der Waals surface area (Å²) in [6, 6.07) is -0.503. The number of rotatable bonds is 1. The van der Waals surface area contributed by atoms with E-state index in [9.17, 15) is 9.59 Å². The molecule has 0 saturated carbocycles. The summed E-state index contributed by atoms with van der Waals surface area (Å²) >= 11 is 0. The molecule has 0 spiro atoms. The minimum absolute atomic E-state index is 0.187. The first-order valence-corrected chi connectivity index (χ1v) is 4.48. The van der Waals surface area contributed by atoms with E-state index in [0.717, 1.165) is 13.0 Å². The Morgan fingerprint density at radius 1 is 1.54 bits per heavy atom. The molecule has 74 valence electrons. The SMILES string of the molecule is CCN1CCCN(C(=O)NC)C1=O. The molecule has 13 heavy (non-hydrogen) atoms. The predicted octanol–water partition coefficient (Wildman–Crippen LogP) is 0.473. The van der Waals surface area contributed by atoms with E-state index >= 15 is 0 Å². The molecule has 5 heteroatoms. The molecular formula is C8H15N3O2. The molecule has 1 heterocycles. The first kappa shape index (κ1) is 9.83. The van der Waals surface area contributed by atoms with E-state index in [4.69, 9.17) is 0 Å². The summed E-state index contributed by atoms with van der Waals surface area (Å²) in [5.74, 6) is 0. The van der Waals surface area contributed by atoms with Gasteiger partial charge in [-0.2, -0.15) is 0 Å². The zero-order valence-electron chi connectivity index (χ0n) is 8.04. The third-order valence-electron chi connectivity index (χ3n) is 2.15. The number of hydrogen-bond acceptors (Lipinski definition) is 2. The molecule has 0 aliphatic carbocycles. The van der Waals surface area contributed by atoms with Gasteiger partial charge in [0.2, 0.25) is 0 Å². The average molecular weight is 185 g/mol. The van der Waals surface area contributed by atoms with Crippen molar-refractivity contribution in [3.05, 3.63) is 0 Å². The van der Waals surface area contributed by atoms with Crippen LogP contribution in [0.5, 0.6) is 0 Å². The second-order valence-electron chi connectivity index (χ2n) is 2.92. The van der Waals surface area contributed by atoms with Crippen LogP contribution in [0.25, 0.3) is 0 Å². The fourth-order valence-electron chi connectivity index (χ4n) is 1.40. The third-order valence-corrected chi connectivity index (χ3v) is 2.15. The number of amides is 4. The molecule has 0 radical (unpaired) electrons. The topological polar surface area (TPSA) is 52.6 Å². The highest BCUT2D eigenvalue weighted by Gasteiger charge is 2.28. The fourth-order valence-corrected chi connectivity index (χ4v) is 1.40. The highest BCUT2D eigenvalue weighted by molar-refractivity contribution is 5.93. The lowest BCUT2D eigenvalue weighted by molar-refractivity contribution is 0.138. The van der Waals surface area contributed by atoms with Crippen LogP contribution < -0.4 is 5.32 Å². The molecular weight excluding hydrogens is 170 g/mol. The number of nitrogens with one attached hydrogen (secondary N) is 1. The summed E-state index contributed by atoms with van der Waals surface area (Å²) in [7, 11) is 1.53. The van der Waals surface area contributed by atoms with Gasteiger partial charge in [-0.15, -0.1) is 0 Å². The van der Waals surface area contributed by atoms with Crippen molar-refractivity contribution in [2.75, 3.05) is 26.7 Å². The lowest BCUT2D eigenvalue weighted by Crippen LogP contribution is -2.53. The molecule has 1 fully saturated rings. The Kier molecular flexibility index (Phi) is 3.11. The molecule has 0 aromatic carbocycles. The summed E-state index contributed by atoms with van der Waals surface area (Å²) in [6.07, 6.45) is 0.854. The summed E-state index contributed by atoms with van der Waals surface area (Å²) in [6.45, 7) is 3.84. The van der Waals surface area contributed by atoms with Crippen molar-refractivity contribution in [1.29, 1.82) is 0 Å². The van der Waals surface area contributed by atoms with E-state index in [-0.39, 0.29) is 12.1 Å². The standard InChI is InChI=1S/C8H15N3O2/c1-3-10-5-4-6-11(8(10)13)7(12)9-2/h3-6H2,1-2H3,(H,9,12). The van der Waals surface area contributed by atoms with Gasteiger partial charge < -0.3 is 10.2 Å². The highest BCUT2D eigenvalue weighted by atomic mass is 16.2. The third kappa shape index (κ3) is 1.91. The molecule has 1 aliphatic heterocycles. The maximum absolute atomic E-state index is 11.5. The van der Waals surface area contributed by atoms with Gasteiger partial charge in [0.15, 0.2) is 0 Å². The van der Waals surface area contributed by atoms with Gasteiger partial charge in [0, 0.05) is 26.7 Å². The van der Waals surface area contributed by atoms with Crippen LogP contribution in [0.1, 0.15) is 13.3 Å². The van der Waals surface area contributed by atoms with E-state index < -0.39 is 0 Å². The van der Waals surface area contributed by atoms with Crippen molar-refractivity contribution in [2.24, 2.45) is 0 Å². The van der Waals surface area contributed by atoms with E-state index in [1.807, 2.05) is 6.92 Å². The van der Waals surface area contributed by atoms with E-state index in [2.05, 4.69) is 5.32 Å². The van der Waals surface area contributed by atoms with Crippen molar-refractivity contribution < 1.29 is 9.59 Å². The maximum atomic E-state index is 11.5. The van der Waals surface area contributed by atoms with Gasteiger partial charge in [-0.1, -0.05) is 0 Å². The molecule has 1 rings (SSSR count). The molecule has 0 aromatic heterocycles. The number of nitrogens with zero attached hydrogens (tertiary/aromatic N) is 2. The first-order chi connectivity index (χ1) is 6.20. The van der Waals surface area contributed by atoms with Gasteiger partial charge >= 0.3 is 12.1 Å². The summed E-state index contributed by atoms with van der Waals surface area (Å²) < 4.78 is 0. The second kappa shape index (κ2) is 4.11. The molecule has 0 aromatic rings. The van der Waals surface area contributed by atoms with Gasteiger partial charge in [-0.25, -0.2) is 14.5 Å². The second-order valence-corrected chi connectivity index (χ2v) is 2.92. The summed E-state index contributed by atoms with van der Waals surface area (Å²) in [4.78, 5) is 25.7. The van der Waals surface area contributed by atoms with Crippen LogP contribution in [-0.2, 0) is 0 Å². The Morgan fingerprint density at radius 2 is 2.23 bits per heavy atom. The quantitative estimate of drug-likeness (QED) is 0.645. The molecule has 0 bridgehead atoms. The van der Waals surface area contributed by atoms with Crippen molar-refractivity contribution in [1.82, 2.24) is 15.1 Å². The molecule has 0 unspecified atom stereocenters. The lowest BCUT2D eigenvalue weighted by atomic mass is 10.3. The van der Waals surface area contributed by atoms with Crippen LogP contribution in [0.4, 0.5) is 9.59 Å². The zero-order chi connectivity index (χ0) is 9.84. The smallest absolute Gasteiger partial charge is 0.328 e. The summed E-state index contributed by atoms with van der Waals surface area (Å²) in [5, 5.41) is 2.45. The fraction of sp³-hybridized carbons (Fsp3) is 0.750. The van der Waals surface area contributed by atoms with Crippen molar-refractivity contribution >= 4 is 12.1 Å². The first-order valence-electron chi connectivity index (χ1n) is 4.48. The minimum atomic E-state index is -0.317. The molecule has 5 nitrogen and oxygen atoms in total. The highest BCUT2D eigenvalue weighted by Crippen LogP contribution is 2.08. The Hall–Kier alpha value is -1.26. The van der Waals surface area contributed by atoms with Crippen molar-refractivity contribution in [2.45, 2.75) is 13.3 Å². The molecule has 1 saturated heterocycles. The largest absolute Gasteiger partial charge is 0.341 e. The van der Waals surface area contributed by atoms with Crippen molar-refractivity contribution in [3.63, 3.8) is 0 Å². The minimum Gasteiger partial charge on any atom is -0.341 e. The molecule has 4 amide bonds. The van der Waals surface area contributed by atoms with Gasteiger partial charge in [-0.3, -0.25) is 0 Å². The normalized spacial score (nSPS) is 17.5. The Labute approximate surface area is 77.7 Å². The monoisotopic (exact) mass is 185 g/mol. The number of urea groups is 2. The number of imide groups is 1. The van der Waals surface area contributed by atoms with Crippen LogP contribution in [0, 0.1) is 0 Å². The van der Waals surface area contributed by atoms with Crippen LogP contribution >= 0.6 is 0 Å². The zero-order valence-corrected chi connectivity index (χ0v) is 8.04. The Morgan fingerprint density at radius 3 is 2.77 bits per heavy atom. The van der Waals surface area contributed by atoms with Crippen molar-refractivity contribution in [3.8, 4) is 0 Å². The molecule has 1 aliphatic rings. The van der Waals surface area contributed by atoms with Crippen LogP contribution in [-0.4, -0.2) is 48.5 Å². The Bertz CT molecular complexity index is 217. The lowest BCUT2D eigenvalue weighted by Gasteiger charge is -2.33. The van der Waals surface area contributed by atoms with Gasteiger partial charge in [-0.05, 0) is 13.3 Å². The van der Waals surface area contributed by atoms with Crippen LogP contribution in [0.2, 0.25) is 0 Å². The van der Waals surface area contributed by atoms with E-state index in [1.54, 1.807) is 4.90 Å². The average Bonchev–Trinajstić information content (AvgIpc) is 2.17. The summed E-state index contributed by atoms with van der Waals surface area (Å²) in [5.41, 5.74) is 0. The van der Waals surface area contributed by atoms with Gasteiger partial charge in [0.25, 0.3) is 0 Å². The van der Waals surface area contributed by atoms with Gasteiger partial charge in [0.05, 0.1) is 0 Å².